The van der Waals surface area contributed by atoms with Gasteiger partial charge in [-0.1, -0.05) is 6.92 Å². The van der Waals surface area contributed by atoms with Gasteiger partial charge in [-0.15, -0.1) is 0 Å². The Hall–Kier alpha value is 0.270. The van der Waals surface area contributed by atoms with Gasteiger partial charge in [0.05, 0.1) is 6.10 Å². The lowest BCUT2D eigenvalue weighted by molar-refractivity contribution is 0.179. The molecule has 0 spiro atoms. The van der Waals surface area contributed by atoms with E-state index in [2.05, 4.69) is 19.8 Å². The van der Waals surface area contributed by atoms with Crippen LogP contribution in [0.2, 0.25) is 0 Å². The first-order valence-electron chi connectivity index (χ1n) is 3.17. The van der Waals surface area contributed by atoms with Gasteiger partial charge in [-0.25, -0.2) is 0 Å². The molecule has 0 aromatic heterocycles. The molecule has 1 aliphatic carbocycles. The minimum absolute atomic E-state index is 0.0231. The van der Waals surface area contributed by atoms with E-state index in [1.807, 2.05) is 0 Å². The molecule has 2 unspecified atom stereocenters. The van der Waals surface area contributed by atoms with Crippen LogP contribution in [0.4, 0.5) is 0 Å². The lowest BCUT2D eigenvalue weighted by Crippen LogP contribution is -1.97. The van der Waals surface area contributed by atoms with Crippen molar-refractivity contribution in [3.63, 3.8) is 0 Å². The van der Waals surface area contributed by atoms with Crippen LogP contribution >= 0.6 is 12.9 Å². The summed E-state index contributed by atoms with van der Waals surface area (Å²) in [6.45, 7) is 2.19. The highest BCUT2D eigenvalue weighted by atomic mass is 32.1. The van der Waals surface area contributed by atoms with Crippen LogP contribution in [0.15, 0.2) is 0 Å². The molecule has 1 fully saturated rings. The van der Waals surface area contributed by atoms with Crippen LogP contribution < -0.4 is 0 Å². The van der Waals surface area contributed by atoms with Crippen molar-refractivity contribution in [2.75, 3.05) is 0 Å². The molecule has 0 radical (unpaired) electrons. The van der Waals surface area contributed by atoms with Crippen LogP contribution in [0.5, 0.6) is 0 Å². The van der Waals surface area contributed by atoms with Gasteiger partial charge < -0.3 is 9.66 Å². The molecule has 0 amide bonds. The van der Waals surface area contributed by atoms with Crippen molar-refractivity contribution in [1.82, 2.24) is 0 Å². The Balaban J connectivity index is 0.000000291. The maximum Gasteiger partial charge on any atom is 0.0542 e. The molecule has 1 aliphatic rings. The maximum absolute atomic E-state index is 8.90. The third kappa shape index (κ3) is 3.78. The van der Waals surface area contributed by atoms with E-state index in [0.29, 0.717) is 0 Å². The predicted molar refractivity (Wildman–Crippen MR) is 40.6 cm³/mol. The fourth-order valence-corrected chi connectivity index (χ4v) is 1.18. The van der Waals surface area contributed by atoms with E-state index in [9.17, 15) is 0 Å². The highest BCUT2D eigenvalue weighted by Crippen LogP contribution is 2.23. The summed E-state index contributed by atoms with van der Waals surface area (Å²) in [4.78, 5) is 0. The molecule has 0 saturated heterocycles. The van der Waals surface area contributed by atoms with Crippen LogP contribution in [-0.2, 0) is 0 Å². The second kappa shape index (κ2) is 5.09. The van der Waals surface area contributed by atoms with Crippen molar-refractivity contribution < 1.29 is 9.66 Å². The third-order valence-corrected chi connectivity index (χ3v) is 1.67. The average Bonchev–Trinajstić information content (AvgIpc) is 2.20. The topological polar surface area (TPSA) is 40.5 Å². The van der Waals surface area contributed by atoms with Gasteiger partial charge in [0.2, 0.25) is 0 Å². The van der Waals surface area contributed by atoms with E-state index in [1.54, 1.807) is 0 Å². The van der Waals surface area contributed by atoms with E-state index in [4.69, 9.17) is 9.66 Å². The Morgan fingerprint density at radius 1 is 1.33 bits per heavy atom. The molecule has 0 heterocycles. The van der Waals surface area contributed by atoms with Gasteiger partial charge in [-0.05, 0) is 38.1 Å². The number of aliphatic hydroxyl groups excluding tert-OH is 1. The first-order valence-corrected chi connectivity index (χ1v) is 3.57. The van der Waals surface area contributed by atoms with Crippen LogP contribution in [0.3, 0.4) is 0 Å². The van der Waals surface area contributed by atoms with Crippen molar-refractivity contribution in [2.45, 2.75) is 32.3 Å². The van der Waals surface area contributed by atoms with Crippen molar-refractivity contribution in [3.05, 3.63) is 0 Å². The summed E-state index contributed by atoms with van der Waals surface area (Å²) in [6.07, 6.45) is 3.30. The smallest absolute Gasteiger partial charge is 0.0542 e. The van der Waals surface area contributed by atoms with E-state index < -0.39 is 0 Å². The number of aliphatic hydroxyl groups is 1. The lowest BCUT2D eigenvalue weighted by Gasteiger charge is -1.95. The second-order valence-electron chi connectivity index (χ2n) is 2.57. The zero-order chi connectivity index (χ0) is 7.28. The molecule has 2 N–H and O–H groups in total. The summed E-state index contributed by atoms with van der Waals surface area (Å²) >= 11 is 2.53. The molecule has 3 heteroatoms. The Labute approximate surface area is 61.5 Å². The monoisotopic (exact) mass is 150 g/mol. The standard InChI is InChI=1S/C6H12O.H2OS/c1-5-2-3-6(7)4-5;1-2/h5-7H,2-4H2,1H3;1-2H. The van der Waals surface area contributed by atoms with E-state index in [-0.39, 0.29) is 6.10 Å². The molecule has 0 aromatic rings. The summed E-state index contributed by atoms with van der Waals surface area (Å²) in [5.74, 6) is 0.773. The van der Waals surface area contributed by atoms with Crippen LogP contribution in [0.1, 0.15) is 26.2 Å². The molecule has 1 rings (SSSR count). The summed E-state index contributed by atoms with van der Waals surface area (Å²) in [5.41, 5.74) is 0. The highest BCUT2D eigenvalue weighted by Gasteiger charge is 2.17. The lowest BCUT2D eigenvalue weighted by atomic mass is 10.1. The van der Waals surface area contributed by atoms with Gasteiger partial charge in [0.25, 0.3) is 0 Å². The zero-order valence-electron chi connectivity index (χ0n) is 5.62. The maximum atomic E-state index is 8.90. The molecule has 2 nitrogen and oxygen atoms in total. The summed E-state index contributed by atoms with van der Waals surface area (Å²) < 4.78 is 6.69. The Kier molecular flexibility index (Phi) is 5.24. The van der Waals surface area contributed by atoms with Crippen molar-refractivity contribution in [1.29, 1.82) is 0 Å². The minimum Gasteiger partial charge on any atom is -0.393 e. The van der Waals surface area contributed by atoms with Crippen molar-refractivity contribution >= 4 is 12.9 Å². The molecular weight excluding hydrogens is 136 g/mol. The zero-order valence-corrected chi connectivity index (χ0v) is 6.51. The van der Waals surface area contributed by atoms with Gasteiger partial charge in [0.15, 0.2) is 0 Å². The molecule has 0 aliphatic heterocycles. The SMILES string of the molecule is CC1CCC(O)C1.OS. The van der Waals surface area contributed by atoms with Gasteiger partial charge in [-0.2, -0.15) is 0 Å². The third-order valence-electron chi connectivity index (χ3n) is 1.67. The molecule has 56 valence electrons. The normalized spacial score (nSPS) is 33.3. The fraction of sp³-hybridized carbons (Fsp3) is 1.00. The van der Waals surface area contributed by atoms with E-state index in [0.717, 1.165) is 18.8 Å². The van der Waals surface area contributed by atoms with Crippen LogP contribution in [0, 0.1) is 5.92 Å². The number of hydrogen-bond acceptors (Lipinski definition) is 3. The molecule has 0 bridgehead atoms. The van der Waals surface area contributed by atoms with Gasteiger partial charge in [-0.3, -0.25) is 0 Å². The molecular formula is C6H14O2S. The number of rotatable bonds is 0. The first kappa shape index (κ1) is 9.27. The minimum atomic E-state index is 0.0231. The van der Waals surface area contributed by atoms with Crippen molar-refractivity contribution in [3.8, 4) is 0 Å². The predicted octanol–water partition coefficient (Wildman–Crippen LogP) is 1.56. The van der Waals surface area contributed by atoms with Gasteiger partial charge in [0.1, 0.15) is 0 Å². The average molecular weight is 150 g/mol. The molecule has 9 heavy (non-hydrogen) atoms. The molecule has 1 saturated carbocycles. The largest absolute Gasteiger partial charge is 0.393 e. The van der Waals surface area contributed by atoms with Crippen LogP contribution in [0.25, 0.3) is 0 Å². The second-order valence-corrected chi connectivity index (χ2v) is 2.57. The summed E-state index contributed by atoms with van der Waals surface area (Å²) in [6, 6.07) is 0. The Morgan fingerprint density at radius 2 is 1.89 bits per heavy atom. The van der Waals surface area contributed by atoms with E-state index in [1.165, 1.54) is 6.42 Å². The highest BCUT2D eigenvalue weighted by molar-refractivity contribution is 7.74. The fourth-order valence-electron chi connectivity index (χ4n) is 1.18. The van der Waals surface area contributed by atoms with Crippen molar-refractivity contribution in [2.24, 2.45) is 5.92 Å². The van der Waals surface area contributed by atoms with Crippen LogP contribution in [-0.4, -0.2) is 15.8 Å². The first-order chi connectivity index (χ1) is 4.29. The van der Waals surface area contributed by atoms with E-state index >= 15 is 0 Å². The molecule has 0 aromatic carbocycles. The summed E-state index contributed by atoms with van der Waals surface area (Å²) in [5, 5.41) is 8.90. The Morgan fingerprint density at radius 3 is 2.00 bits per heavy atom. The number of hydrogen-bond donors (Lipinski definition) is 3. The number of thiol groups is 1. The van der Waals surface area contributed by atoms with Gasteiger partial charge >= 0.3 is 0 Å². The molecule has 2 atom stereocenters. The quantitative estimate of drug-likeness (QED) is 0.362. The summed E-state index contributed by atoms with van der Waals surface area (Å²) in [7, 11) is 0. The van der Waals surface area contributed by atoms with Gasteiger partial charge in [0, 0.05) is 0 Å². The Bertz CT molecular complexity index is 60.1.